The van der Waals surface area contributed by atoms with Gasteiger partial charge in [-0.2, -0.15) is 0 Å². The van der Waals surface area contributed by atoms with Crippen molar-refractivity contribution in [2.24, 2.45) is 0 Å². The minimum atomic E-state index is -0.0252. The number of allylic oxidation sites excluding steroid dienone is 9. The zero-order valence-electron chi connectivity index (χ0n) is 44.4. The second kappa shape index (κ2) is 21.8. The van der Waals surface area contributed by atoms with Crippen molar-refractivity contribution in [2.45, 2.75) is 92.9 Å². The Kier molecular flexibility index (Phi) is 15.3. The number of nitrogens with zero attached hydrogens (tertiary/aromatic N) is 2. The molecule has 2 nitrogen and oxygen atoms in total. The molecule has 0 unspecified atom stereocenters. The van der Waals surface area contributed by atoms with Crippen LogP contribution in [-0.2, 0) is 10.8 Å². The Labute approximate surface area is 431 Å². The van der Waals surface area contributed by atoms with Crippen molar-refractivity contribution in [3.8, 4) is 11.1 Å². The predicted molar refractivity (Wildman–Crippen MR) is 318 cm³/mol. The molecule has 0 saturated heterocycles. The lowest BCUT2D eigenvalue weighted by molar-refractivity contribution is 0.595. The van der Waals surface area contributed by atoms with E-state index in [1.165, 1.54) is 43.8 Å². The Hall–Kier alpha value is -7.68. The maximum Gasteiger partial charge on any atom is 0.0540 e. The van der Waals surface area contributed by atoms with Crippen LogP contribution in [-0.4, -0.2) is 0 Å². The second-order valence-corrected chi connectivity index (χ2v) is 21.2. The highest BCUT2D eigenvalue weighted by Crippen LogP contribution is 2.45. The lowest BCUT2D eigenvalue weighted by Crippen LogP contribution is -2.17. The maximum absolute atomic E-state index is 4.40. The summed E-state index contributed by atoms with van der Waals surface area (Å²) in [5, 5.41) is 4.95. The molecular formula is C70H72N2. The number of anilines is 5. The van der Waals surface area contributed by atoms with Crippen LogP contribution in [0.15, 0.2) is 231 Å². The molecule has 0 N–H and O–H groups in total. The smallest absolute Gasteiger partial charge is 0.0540 e. The van der Waals surface area contributed by atoms with Gasteiger partial charge >= 0.3 is 0 Å². The largest absolute Gasteiger partial charge is 0.310 e. The Morgan fingerprint density at radius 3 is 1.76 bits per heavy atom. The second-order valence-electron chi connectivity index (χ2n) is 21.2. The van der Waals surface area contributed by atoms with Gasteiger partial charge in [-0.1, -0.05) is 225 Å². The van der Waals surface area contributed by atoms with Gasteiger partial charge < -0.3 is 9.80 Å². The van der Waals surface area contributed by atoms with Crippen LogP contribution in [0.4, 0.5) is 28.4 Å². The summed E-state index contributed by atoms with van der Waals surface area (Å²) in [6, 6.07) is 62.7. The van der Waals surface area contributed by atoms with Gasteiger partial charge in [0.2, 0.25) is 0 Å². The van der Waals surface area contributed by atoms with Crippen LogP contribution in [0.1, 0.15) is 103 Å². The summed E-state index contributed by atoms with van der Waals surface area (Å²) in [5.74, 6) is 0. The molecule has 0 aromatic heterocycles. The van der Waals surface area contributed by atoms with Crippen LogP contribution in [0.5, 0.6) is 0 Å². The van der Waals surface area contributed by atoms with Crippen LogP contribution in [0.25, 0.3) is 43.8 Å². The van der Waals surface area contributed by atoms with Gasteiger partial charge in [-0.15, -0.1) is 0 Å². The minimum Gasteiger partial charge on any atom is -0.310 e. The van der Waals surface area contributed by atoms with E-state index in [1.54, 1.807) is 0 Å². The van der Waals surface area contributed by atoms with Crippen molar-refractivity contribution in [3.63, 3.8) is 0 Å². The summed E-state index contributed by atoms with van der Waals surface area (Å²) in [4.78, 5) is 4.80. The summed E-state index contributed by atoms with van der Waals surface area (Å²) >= 11 is 0. The summed E-state index contributed by atoms with van der Waals surface area (Å²) in [6.07, 6.45) is 14.8. The summed E-state index contributed by atoms with van der Waals surface area (Å²) < 4.78 is 0. The molecule has 0 radical (unpaired) electrons. The third kappa shape index (κ3) is 10.8. The maximum atomic E-state index is 4.40. The van der Waals surface area contributed by atoms with Gasteiger partial charge in [0, 0.05) is 33.5 Å². The van der Waals surface area contributed by atoms with E-state index >= 15 is 0 Å². The van der Waals surface area contributed by atoms with Crippen molar-refractivity contribution < 1.29 is 0 Å². The van der Waals surface area contributed by atoms with Crippen molar-refractivity contribution in [1.82, 2.24) is 0 Å². The first kappa shape index (κ1) is 50.7. The molecule has 0 fully saturated rings. The van der Waals surface area contributed by atoms with E-state index in [0.717, 1.165) is 80.4 Å². The Bertz CT molecular complexity index is 3390. The van der Waals surface area contributed by atoms with Crippen molar-refractivity contribution in [1.29, 1.82) is 0 Å². The molecule has 8 rings (SSSR count). The molecule has 362 valence electrons. The monoisotopic (exact) mass is 941 g/mol. The summed E-state index contributed by atoms with van der Waals surface area (Å²) in [5.41, 5.74) is 18.5. The van der Waals surface area contributed by atoms with E-state index in [4.69, 9.17) is 0 Å². The highest BCUT2D eigenvalue weighted by Gasteiger charge is 2.24. The van der Waals surface area contributed by atoms with E-state index in [2.05, 4.69) is 286 Å². The summed E-state index contributed by atoms with van der Waals surface area (Å²) in [7, 11) is 0. The average molecular weight is 941 g/mol. The van der Waals surface area contributed by atoms with Gasteiger partial charge in [-0.25, -0.2) is 0 Å². The average Bonchev–Trinajstić information content (AvgIpc) is 3.37. The number of aryl methyl sites for hydroxylation is 1. The zero-order valence-corrected chi connectivity index (χ0v) is 44.4. The first-order valence-corrected chi connectivity index (χ1v) is 25.6. The van der Waals surface area contributed by atoms with Gasteiger partial charge in [0.05, 0.1) is 11.4 Å². The molecular weight excluding hydrogens is 869 g/mol. The van der Waals surface area contributed by atoms with Gasteiger partial charge in [0.15, 0.2) is 0 Å². The van der Waals surface area contributed by atoms with E-state index in [0.29, 0.717) is 0 Å². The summed E-state index contributed by atoms with van der Waals surface area (Å²) in [6.45, 7) is 31.1. The predicted octanol–water partition coefficient (Wildman–Crippen LogP) is 20.7. The van der Waals surface area contributed by atoms with Crippen LogP contribution >= 0.6 is 0 Å². The third-order valence-corrected chi connectivity index (χ3v) is 13.8. The van der Waals surface area contributed by atoms with Gasteiger partial charge in [-0.3, -0.25) is 0 Å². The Balaban J connectivity index is 1.30. The fourth-order valence-electron chi connectivity index (χ4n) is 10.1. The van der Waals surface area contributed by atoms with Gasteiger partial charge in [-0.05, 0) is 154 Å². The molecule has 0 amide bonds. The highest BCUT2D eigenvalue weighted by atomic mass is 15.2. The van der Waals surface area contributed by atoms with Crippen LogP contribution < -0.4 is 9.80 Å². The fraction of sp³-hybridized carbons (Fsp3) is 0.200. The molecule has 0 bridgehead atoms. The van der Waals surface area contributed by atoms with Crippen molar-refractivity contribution >= 4 is 61.1 Å². The molecule has 0 spiro atoms. The SMILES string of the molecule is C=CC=CC(=C(C)c1cccc(N(C(C=C)=CC=C(C)CCC)c2ccc(C(C)(C)C)c3ccccc23)c1)c1ccccc1-c1cccc(N(c2ccc(C)cc2)c2ccc(C(C)(C)C)c3ccccc23)c1. The third-order valence-electron chi connectivity index (χ3n) is 13.8. The van der Waals surface area contributed by atoms with Crippen molar-refractivity contribution in [3.05, 3.63) is 259 Å². The van der Waals surface area contributed by atoms with Crippen LogP contribution in [0.2, 0.25) is 0 Å². The number of rotatable bonds is 15. The number of fused-ring (bicyclic) bond motifs is 2. The topological polar surface area (TPSA) is 6.48 Å². The van der Waals surface area contributed by atoms with E-state index < -0.39 is 0 Å². The molecule has 0 aliphatic heterocycles. The molecule has 8 aromatic rings. The molecule has 0 atom stereocenters. The first-order valence-electron chi connectivity index (χ1n) is 25.6. The number of benzene rings is 8. The van der Waals surface area contributed by atoms with Crippen LogP contribution in [0.3, 0.4) is 0 Å². The molecule has 0 saturated carbocycles. The Morgan fingerprint density at radius 2 is 1.14 bits per heavy atom. The van der Waals surface area contributed by atoms with E-state index in [-0.39, 0.29) is 10.8 Å². The zero-order chi connectivity index (χ0) is 51.2. The highest BCUT2D eigenvalue weighted by molar-refractivity contribution is 6.04. The van der Waals surface area contributed by atoms with Crippen molar-refractivity contribution in [2.75, 3.05) is 9.80 Å². The normalized spacial score (nSPS) is 12.9. The lowest BCUT2D eigenvalue weighted by Gasteiger charge is -2.30. The number of hydrogen-bond acceptors (Lipinski definition) is 2. The number of hydrogen-bond donors (Lipinski definition) is 0. The Morgan fingerprint density at radius 1 is 0.556 bits per heavy atom. The standard InChI is InChI=1S/C70H72N2/c1-13-16-30-58(51(6)52-26-23-28-56(47-52)71(54(15-3)40-37-49(4)25-14-2)67-45-43-65(69(7,8)9)61-33-19-21-35-63(61)67)60-32-18-17-31-59(60)53-27-24-29-57(48-53)72(55-41-38-50(5)39-42-55)68-46-44-66(70(10,11)12)62-34-20-22-36-64(62)68/h13,15-24,26-48H,1,3,14,25H2,2,4-12H3. The van der Waals surface area contributed by atoms with E-state index in [9.17, 15) is 0 Å². The molecule has 0 heterocycles. The lowest BCUT2D eigenvalue weighted by atomic mass is 9.83. The molecule has 0 aliphatic rings. The molecule has 0 aliphatic carbocycles. The van der Waals surface area contributed by atoms with Gasteiger partial charge in [0.25, 0.3) is 0 Å². The molecule has 72 heavy (non-hydrogen) atoms. The van der Waals surface area contributed by atoms with E-state index in [1.807, 2.05) is 12.2 Å². The molecule has 8 aromatic carbocycles. The fourth-order valence-corrected chi connectivity index (χ4v) is 10.1. The van der Waals surface area contributed by atoms with Crippen LogP contribution in [0, 0.1) is 6.92 Å². The minimum absolute atomic E-state index is 0.00985. The first-order chi connectivity index (χ1) is 34.6. The quantitative estimate of drug-likeness (QED) is 0.0746. The molecule has 2 heteroatoms. The van der Waals surface area contributed by atoms with Gasteiger partial charge in [0.1, 0.15) is 0 Å².